The Balaban J connectivity index is 2.19. The van der Waals surface area contributed by atoms with Crippen molar-refractivity contribution in [1.29, 1.82) is 0 Å². The third-order valence-corrected chi connectivity index (χ3v) is 4.12. The minimum absolute atomic E-state index is 0.0133. The first kappa shape index (κ1) is 22.0. The van der Waals surface area contributed by atoms with Crippen LogP contribution in [0.25, 0.3) is 0 Å². The molecular formula is C21H32O5. The second-order valence-corrected chi connectivity index (χ2v) is 6.48. The highest BCUT2D eigenvalue weighted by Crippen LogP contribution is 2.26. The minimum atomic E-state index is -0.477. The van der Waals surface area contributed by atoms with E-state index in [1.807, 2.05) is 6.92 Å². The lowest BCUT2D eigenvalue weighted by Gasteiger charge is -2.13. The third kappa shape index (κ3) is 9.44. The second kappa shape index (κ2) is 13.2. The molecule has 5 heteroatoms. The number of rotatable bonds is 13. The Kier molecular flexibility index (Phi) is 11.2. The quantitative estimate of drug-likeness (QED) is 0.278. The van der Waals surface area contributed by atoms with Gasteiger partial charge in [-0.3, -0.25) is 9.59 Å². The number of carbonyl (C=O) groups excluding carboxylic acids is 2. The zero-order valence-corrected chi connectivity index (χ0v) is 16.3. The van der Waals surface area contributed by atoms with Crippen LogP contribution in [0.5, 0.6) is 11.5 Å². The highest BCUT2D eigenvalue weighted by atomic mass is 16.6. The van der Waals surface area contributed by atoms with Crippen LogP contribution in [-0.4, -0.2) is 25.2 Å². The summed E-state index contributed by atoms with van der Waals surface area (Å²) in [6, 6.07) is 6.90. The van der Waals surface area contributed by atoms with Gasteiger partial charge in [0.2, 0.25) is 0 Å². The van der Waals surface area contributed by atoms with Crippen LogP contribution in [0.2, 0.25) is 0 Å². The summed E-state index contributed by atoms with van der Waals surface area (Å²) in [5.74, 6) is -0.00344. The number of unbranched alkanes of at least 4 members (excludes halogenated alkanes) is 5. The van der Waals surface area contributed by atoms with E-state index in [1.165, 1.54) is 39.2 Å². The zero-order chi connectivity index (χ0) is 19.2. The maximum Gasteiger partial charge on any atom is 0.311 e. The van der Waals surface area contributed by atoms with Crippen molar-refractivity contribution in [2.75, 3.05) is 7.11 Å². The monoisotopic (exact) mass is 364 g/mol. The lowest BCUT2D eigenvalue weighted by Crippen LogP contribution is -2.17. The summed E-state index contributed by atoms with van der Waals surface area (Å²) in [6.45, 7) is 4.10. The van der Waals surface area contributed by atoms with Gasteiger partial charge in [0.15, 0.2) is 11.5 Å². The van der Waals surface area contributed by atoms with E-state index in [1.54, 1.807) is 24.3 Å². The van der Waals surface area contributed by atoms with Crippen molar-refractivity contribution in [3.63, 3.8) is 0 Å². The highest BCUT2D eigenvalue weighted by Gasteiger charge is 2.14. The molecule has 0 saturated heterocycles. The van der Waals surface area contributed by atoms with Crippen molar-refractivity contribution in [2.45, 2.75) is 77.7 Å². The Morgan fingerprint density at radius 2 is 1.54 bits per heavy atom. The molecule has 0 saturated carbocycles. The maximum absolute atomic E-state index is 11.9. The van der Waals surface area contributed by atoms with E-state index >= 15 is 0 Å². The number of esters is 2. The maximum atomic E-state index is 11.9. The first-order valence-electron chi connectivity index (χ1n) is 9.60. The van der Waals surface area contributed by atoms with Gasteiger partial charge in [-0.1, -0.05) is 51.2 Å². The van der Waals surface area contributed by atoms with Gasteiger partial charge in [-0.15, -0.1) is 0 Å². The third-order valence-electron chi connectivity index (χ3n) is 4.12. The molecule has 0 aliphatic heterocycles. The van der Waals surface area contributed by atoms with Crippen LogP contribution in [0.1, 0.15) is 71.6 Å². The van der Waals surface area contributed by atoms with Crippen LogP contribution < -0.4 is 9.47 Å². The second-order valence-electron chi connectivity index (χ2n) is 6.48. The summed E-state index contributed by atoms with van der Waals surface area (Å²) in [5.41, 5.74) is 0. The molecule has 146 valence electrons. The molecule has 0 radical (unpaired) electrons. The standard InChI is InChI=1S/C21H32O5/c1-4-5-6-7-8-9-12-17(2)25-20(22)15-16-21(23)26-19-14-11-10-13-18(19)24-3/h10-11,13-14,17H,4-9,12,15-16H2,1-3H3. The van der Waals surface area contributed by atoms with E-state index in [0.29, 0.717) is 11.5 Å². The lowest BCUT2D eigenvalue weighted by molar-refractivity contribution is -0.151. The van der Waals surface area contributed by atoms with Gasteiger partial charge in [0.1, 0.15) is 0 Å². The molecule has 0 amide bonds. The number of carbonyl (C=O) groups is 2. The molecule has 0 N–H and O–H groups in total. The summed E-state index contributed by atoms with van der Waals surface area (Å²) in [5, 5.41) is 0. The Morgan fingerprint density at radius 1 is 0.923 bits per heavy atom. The fraction of sp³-hybridized carbons (Fsp3) is 0.619. The Bertz CT molecular complexity index is 541. The Morgan fingerprint density at radius 3 is 2.23 bits per heavy atom. The average Bonchev–Trinajstić information content (AvgIpc) is 2.63. The fourth-order valence-electron chi connectivity index (χ4n) is 2.64. The van der Waals surface area contributed by atoms with Crippen molar-refractivity contribution in [3.8, 4) is 11.5 Å². The molecule has 1 atom stereocenters. The van der Waals surface area contributed by atoms with Crippen molar-refractivity contribution in [3.05, 3.63) is 24.3 Å². The van der Waals surface area contributed by atoms with Crippen LogP contribution in [0, 0.1) is 0 Å². The number of hydrogen-bond acceptors (Lipinski definition) is 5. The SMILES string of the molecule is CCCCCCCCC(C)OC(=O)CCC(=O)Oc1ccccc1OC. The van der Waals surface area contributed by atoms with E-state index < -0.39 is 5.97 Å². The topological polar surface area (TPSA) is 61.8 Å². The van der Waals surface area contributed by atoms with Crippen molar-refractivity contribution in [1.82, 2.24) is 0 Å². The van der Waals surface area contributed by atoms with Gasteiger partial charge >= 0.3 is 11.9 Å². The average molecular weight is 364 g/mol. The molecule has 0 heterocycles. The van der Waals surface area contributed by atoms with Crippen LogP contribution in [0.3, 0.4) is 0 Å². The highest BCUT2D eigenvalue weighted by molar-refractivity contribution is 5.79. The molecule has 0 aromatic heterocycles. The largest absolute Gasteiger partial charge is 0.493 e. The lowest BCUT2D eigenvalue weighted by atomic mass is 10.1. The summed E-state index contributed by atoms with van der Waals surface area (Å²) in [6.07, 6.45) is 8.05. The van der Waals surface area contributed by atoms with Crippen molar-refractivity contribution < 1.29 is 23.8 Å². The molecule has 1 unspecified atom stereocenters. The molecule has 0 bridgehead atoms. The number of benzene rings is 1. The number of methoxy groups -OCH3 is 1. The summed E-state index contributed by atoms with van der Waals surface area (Å²) in [7, 11) is 1.51. The first-order valence-corrected chi connectivity index (χ1v) is 9.60. The van der Waals surface area contributed by atoms with Crippen molar-refractivity contribution in [2.24, 2.45) is 0 Å². The molecule has 0 aliphatic carbocycles. The van der Waals surface area contributed by atoms with E-state index in [4.69, 9.17) is 14.2 Å². The van der Waals surface area contributed by atoms with E-state index in [-0.39, 0.29) is 24.9 Å². The number of ether oxygens (including phenoxy) is 3. The normalized spacial score (nSPS) is 11.7. The molecule has 1 aromatic carbocycles. The molecule has 1 aromatic rings. The van der Waals surface area contributed by atoms with Crippen molar-refractivity contribution >= 4 is 11.9 Å². The van der Waals surface area contributed by atoms with Gasteiger partial charge < -0.3 is 14.2 Å². The molecule has 5 nitrogen and oxygen atoms in total. The van der Waals surface area contributed by atoms with Gasteiger partial charge in [0.05, 0.1) is 26.1 Å². The van der Waals surface area contributed by atoms with Crippen LogP contribution in [-0.2, 0) is 14.3 Å². The van der Waals surface area contributed by atoms with Gasteiger partial charge in [-0.2, -0.15) is 0 Å². The molecule has 0 spiro atoms. The zero-order valence-electron chi connectivity index (χ0n) is 16.3. The smallest absolute Gasteiger partial charge is 0.311 e. The minimum Gasteiger partial charge on any atom is -0.493 e. The Labute approximate surface area is 157 Å². The van der Waals surface area contributed by atoms with Crippen LogP contribution >= 0.6 is 0 Å². The van der Waals surface area contributed by atoms with Gasteiger partial charge in [-0.05, 0) is 31.9 Å². The number of hydrogen-bond donors (Lipinski definition) is 0. The predicted octanol–water partition coefficient (Wildman–Crippen LogP) is 5.06. The fourth-order valence-corrected chi connectivity index (χ4v) is 2.64. The summed E-state index contributed by atoms with van der Waals surface area (Å²) in [4.78, 5) is 23.7. The molecule has 1 rings (SSSR count). The van der Waals surface area contributed by atoms with E-state index in [0.717, 1.165) is 12.8 Å². The van der Waals surface area contributed by atoms with Crippen LogP contribution in [0.15, 0.2) is 24.3 Å². The summed E-state index contributed by atoms with van der Waals surface area (Å²) >= 11 is 0. The first-order chi connectivity index (χ1) is 12.6. The Hall–Kier alpha value is -2.04. The van der Waals surface area contributed by atoms with Gasteiger partial charge in [0, 0.05) is 0 Å². The van der Waals surface area contributed by atoms with E-state index in [2.05, 4.69) is 6.92 Å². The molecule has 0 fully saturated rings. The van der Waals surface area contributed by atoms with Gasteiger partial charge in [-0.25, -0.2) is 0 Å². The number of para-hydroxylation sites is 2. The molecular weight excluding hydrogens is 332 g/mol. The molecule has 26 heavy (non-hydrogen) atoms. The summed E-state index contributed by atoms with van der Waals surface area (Å²) < 4.78 is 15.7. The van der Waals surface area contributed by atoms with E-state index in [9.17, 15) is 9.59 Å². The van der Waals surface area contributed by atoms with Crippen LogP contribution in [0.4, 0.5) is 0 Å². The molecule has 0 aliphatic rings. The van der Waals surface area contributed by atoms with Gasteiger partial charge in [0.25, 0.3) is 0 Å². The predicted molar refractivity (Wildman–Crippen MR) is 101 cm³/mol.